The Morgan fingerprint density at radius 1 is 1.32 bits per heavy atom. The number of benzene rings is 1. The minimum atomic E-state index is -0.0949. The molecule has 0 spiro atoms. The summed E-state index contributed by atoms with van der Waals surface area (Å²) in [7, 11) is 0. The summed E-state index contributed by atoms with van der Waals surface area (Å²) >= 11 is 0. The molecule has 0 saturated carbocycles. The van der Waals surface area contributed by atoms with Gasteiger partial charge in [0.2, 0.25) is 12.3 Å². The predicted octanol–water partition coefficient (Wildman–Crippen LogP) is 0.499. The van der Waals surface area contributed by atoms with Crippen LogP contribution in [0.15, 0.2) is 30.3 Å². The van der Waals surface area contributed by atoms with Gasteiger partial charge in [-0.2, -0.15) is 0 Å². The zero-order valence-electron chi connectivity index (χ0n) is 13.2. The molecule has 2 rings (SSSR count). The van der Waals surface area contributed by atoms with E-state index in [2.05, 4.69) is 5.32 Å². The number of amides is 2. The fourth-order valence-corrected chi connectivity index (χ4v) is 1.70. The molecule has 0 unspecified atom stereocenters. The second-order valence-electron chi connectivity index (χ2n) is 4.65. The summed E-state index contributed by atoms with van der Waals surface area (Å²) in [6, 6.07) is 9.52. The van der Waals surface area contributed by atoms with Gasteiger partial charge in [-0.3, -0.25) is 9.59 Å². The first-order valence-corrected chi connectivity index (χ1v) is 7.48. The largest absolute Gasteiger partial charge is 0.392 e. The maximum atomic E-state index is 10.2. The van der Waals surface area contributed by atoms with Gasteiger partial charge in [0.05, 0.1) is 13.2 Å². The molecule has 0 aromatic heterocycles. The van der Waals surface area contributed by atoms with Crippen LogP contribution in [0.2, 0.25) is 0 Å². The average Bonchev–Trinajstić information content (AvgIpc) is 3.10. The van der Waals surface area contributed by atoms with E-state index in [1.807, 2.05) is 37.3 Å². The number of hydrogen-bond acceptors (Lipinski definition) is 4. The molecule has 2 amide bonds. The number of nitrogens with two attached hydrogens (primary N) is 1. The lowest BCUT2D eigenvalue weighted by Crippen LogP contribution is -2.29. The Hall–Kier alpha value is -1.92. The van der Waals surface area contributed by atoms with Gasteiger partial charge in [-0.25, -0.2) is 0 Å². The van der Waals surface area contributed by atoms with Crippen molar-refractivity contribution < 1.29 is 14.7 Å². The fourth-order valence-electron chi connectivity index (χ4n) is 1.70. The third-order valence-electron chi connectivity index (χ3n) is 2.87. The zero-order chi connectivity index (χ0) is 16.6. The van der Waals surface area contributed by atoms with Gasteiger partial charge in [0.25, 0.3) is 0 Å². The van der Waals surface area contributed by atoms with E-state index in [1.54, 1.807) is 4.90 Å². The van der Waals surface area contributed by atoms with Gasteiger partial charge < -0.3 is 21.1 Å². The van der Waals surface area contributed by atoms with Crippen molar-refractivity contribution in [2.75, 3.05) is 26.2 Å². The highest BCUT2D eigenvalue weighted by Gasteiger charge is 2.06. The van der Waals surface area contributed by atoms with Crippen molar-refractivity contribution in [1.82, 2.24) is 10.2 Å². The molecule has 0 radical (unpaired) electrons. The summed E-state index contributed by atoms with van der Waals surface area (Å²) in [5.74, 6) is -0.0949. The fraction of sp³-hybridized carbons (Fsp3) is 0.500. The molecule has 6 nitrogen and oxygen atoms in total. The molecular weight excluding hydrogens is 282 g/mol. The number of aliphatic hydroxyl groups is 1. The van der Waals surface area contributed by atoms with Crippen LogP contribution in [0.5, 0.6) is 0 Å². The number of carbonyl (C=O) groups is 2. The highest BCUT2D eigenvalue weighted by molar-refractivity contribution is 5.77. The van der Waals surface area contributed by atoms with E-state index in [4.69, 9.17) is 10.8 Å². The number of aliphatic hydroxyl groups excluding tert-OH is 1. The number of hydrogen-bond donors (Lipinski definition) is 3. The quantitative estimate of drug-likeness (QED) is 0.706. The molecule has 4 N–H and O–H groups in total. The third-order valence-corrected chi connectivity index (χ3v) is 2.87. The molecule has 0 bridgehead atoms. The molecule has 6 heteroatoms. The highest BCUT2D eigenvalue weighted by atomic mass is 16.3. The monoisotopic (exact) mass is 309 g/mol. The average molecular weight is 309 g/mol. The van der Waals surface area contributed by atoms with Crippen LogP contribution in [-0.2, 0) is 16.2 Å². The van der Waals surface area contributed by atoms with Crippen molar-refractivity contribution in [2.24, 2.45) is 5.73 Å². The lowest BCUT2D eigenvalue weighted by Gasteiger charge is -2.03. The first-order chi connectivity index (χ1) is 10.7. The molecule has 0 aliphatic carbocycles. The lowest BCUT2D eigenvalue weighted by molar-refractivity contribution is -0.119. The molecule has 1 aromatic rings. The van der Waals surface area contributed by atoms with Gasteiger partial charge in [0, 0.05) is 19.6 Å². The minimum Gasteiger partial charge on any atom is -0.392 e. The number of carbonyl (C=O) groups excluding carboxylic acids is 2. The van der Waals surface area contributed by atoms with E-state index in [0.29, 0.717) is 6.54 Å². The first-order valence-electron chi connectivity index (χ1n) is 7.48. The summed E-state index contributed by atoms with van der Waals surface area (Å²) in [5, 5.41) is 11.1. The van der Waals surface area contributed by atoms with Gasteiger partial charge in [-0.05, 0) is 25.3 Å². The van der Waals surface area contributed by atoms with Crippen LogP contribution in [0.1, 0.15) is 25.3 Å². The number of nitrogens with one attached hydrogen (secondary N) is 1. The van der Waals surface area contributed by atoms with Gasteiger partial charge in [-0.1, -0.05) is 30.3 Å². The van der Waals surface area contributed by atoms with Crippen molar-refractivity contribution in [2.45, 2.75) is 26.4 Å². The van der Waals surface area contributed by atoms with Crippen molar-refractivity contribution in [3.05, 3.63) is 35.9 Å². The van der Waals surface area contributed by atoms with E-state index in [-0.39, 0.29) is 19.1 Å². The summed E-state index contributed by atoms with van der Waals surface area (Å²) in [6.07, 6.45) is 3.31. The summed E-state index contributed by atoms with van der Waals surface area (Å²) < 4.78 is 0. The molecule has 0 atom stereocenters. The van der Waals surface area contributed by atoms with Crippen LogP contribution >= 0.6 is 0 Å². The SMILES string of the molecule is CCNC(=O)CN.O=CN1CCCC1.OCc1ccccc1. The first kappa shape index (κ1) is 20.1. The molecular formula is C16H27N3O3. The predicted molar refractivity (Wildman–Crippen MR) is 87.0 cm³/mol. The van der Waals surface area contributed by atoms with E-state index in [9.17, 15) is 9.59 Å². The number of likely N-dealkylation sites (N-methyl/N-ethyl adjacent to an activating group) is 1. The zero-order valence-corrected chi connectivity index (χ0v) is 13.2. The van der Waals surface area contributed by atoms with E-state index in [0.717, 1.165) is 25.1 Å². The molecule has 22 heavy (non-hydrogen) atoms. The van der Waals surface area contributed by atoms with Crippen LogP contribution in [0, 0.1) is 0 Å². The maximum absolute atomic E-state index is 10.2. The Morgan fingerprint density at radius 2 is 1.91 bits per heavy atom. The van der Waals surface area contributed by atoms with Gasteiger partial charge >= 0.3 is 0 Å². The van der Waals surface area contributed by atoms with Gasteiger partial charge in [0.15, 0.2) is 0 Å². The van der Waals surface area contributed by atoms with Crippen LogP contribution in [0.4, 0.5) is 0 Å². The van der Waals surface area contributed by atoms with Crippen LogP contribution in [0.25, 0.3) is 0 Å². The van der Waals surface area contributed by atoms with Crippen molar-refractivity contribution in [1.29, 1.82) is 0 Å². The normalized spacial score (nSPS) is 12.4. The minimum absolute atomic E-state index is 0.0911. The highest BCUT2D eigenvalue weighted by Crippen LogP contribution is 2.02. The van der Waals surface area contributed by atoms with E-state index >= 15 is 0 Å². The van der Waals surface area contributed by atoms with E-state index < -0.39 is 0 Å². The number of likely N-dealkylation sites (tertiary alicyclic amines) is 1. The molecule has 1 aliphatic rings. The molecule has 1 saturated heterocycles. The topological polar surface area (TPSA) is 95.7 Å². The Labute approximate surface area is 132 Å². The van der Waals surface area contributed by atoms with Crippen molar-refractivity contribution in [3.8, 4) is 0 Å². The summed E-state index contributed by atoms with van der Waals surface area (Å²) in [6.45, 7) is 4.70. The second-order valence-corrected chi connectivity index (χ2v) is 4.65. The molecule has 1 aromatic carbocycles. The van der Waals surface area contributed by atoms with Crippen molar-refractivity contribution >= 4 is 12.3 Å². The number of nitrogens with zero attached hydrogens (tertiary/aromatic N) is 1. The van der Waals surface area contributed by atoms with Crippen LogP contribution < -0.4 is 11.1 Å². The van der Waals surface area contributed by atoms with Gasteiger partial charge in [0.1, 0.15) is 0 Å². The summed E-state index contributed by atoms with van der Waals surface area (Å²) in [4.78, 5) is 21.9. The molecule has 1 fully saturated rings. The van der Waals surface area contributed by atoms with Crippen LogP contribution in [0.3, 0.4) is 0 Å². The van der Waals surface area contributed by atoms with E-state index in [1.165, 1.54) is 12.8 Å². The maximum Gasteiger partial charge on any atom is 0.233 e. The molecule has 124 valence electrons. The summed E-state index contributed by atoms with van der Waals surface area (Å²) in [5.41, 5.74) is 5.91. The van der Waals surface area contributed by atoms with Gasteiger partial charge in [-0.15, -0.1) is 0 Å². The third kappa shape index (κ3) is 10.8. The molecule has 1 aliphatic heterocycles. The van der Waals surface area contributed by atoms with Crippen LogP contribution in [-0.4, -0.2) is 48.5 Å². The second kappa shape index (κ2) is 14.0. The lowest BCUT2D eigenvalue weighted by atomic mass is 10.2. The standard InChI is InChI=1S/C7H8O.C5H9NO.C4H10N2O/c8-6-7-4-2-1-3-5-7;7-5-6-3-1-2-4-6;1-2-6-4(7)3-5/h1-5,8H,6H2;5H,1-4H2;2-3,5H2,1H3,(H,6,7). The Balaban J connectivity index is 0.000000302. The smallest absolute Gasteiger partial charge is 0.233 e. The Bertz CT molecular complexity index is 393. The number of rotatable bonds is 4. The Kier molecular flexibility index (Phi) is 12.8. The van der Waals surface area contributed by atoms with Crippen molar-refractivity contribution in [3.63, 3.8) is 0 Å². The molecule has 1 heterocycles. The Morgan fingerprint density at radius 3 is 2.18 bits per heavy atom.